The van der Waals surface area contributed by atoms with E-state index in [0.29, 0.717) is 33.5 Å². The lowest BCUT2D eigenvalue weighted by molar-refractivity contribution is -0.131. The van der Waals surface area contributed by atoms with Crippen molar-refractivity contribution in [2.45, 2.75) is 51.1 Å². The van der Waals surface area contributed by atoms with Gasteiger partial charge in [-0.3, -0.25) is 0 Å². The van der Waals surface area contributed by atoms with Crippen LogP contribution in [0.1, 0.15) is 38.6 Å². The predicted octanol–water partition coefficient (Wildman–Crippen LogP) is 4.49. The Hall–Kier alpha value is -3.41. The zero-order valence-electron chi connectivity index (χ0n) is 19.9. The average molecular weight is 502 g/mol. The molecule has 4 heterocycles. The number of aromatic nitrogens is 6. The second-order valence-corrected chi connectivity index (χ2v) is 9.81. The van der Waals surface area contributed by atoms with Gasteiger partial charge < -0.3 is 14.8 Å². The van der Waals surface area contributed by atoms with E-state index in [1.807, 2.05) is 0 Å². The molecule has 0 bridgehead atoms. The number of hydrogen-bond acceptors (Lipinski definition) is 7. The molecule has 0 radical (unpaired) electrons. The lowest BCUT2D eigenvalue weighted by Gasteiger charge is -2.46. The van der Waals surface area contributed by atoms with Crippen molar-refractivity contribution in [3.8, 4) is 17.0 Å². The van der Waals surface area contributed by atoms with Gasteiger partial charge in [-0.1, -0.05) is 11.3 Å². The zero-order valence-corrected chi connectivity index (χ0v) is 19.9. The molecule has 1 aliphatic carbocycles. The van der Waals surface area contributed by atoms with Crippen LogP contribution in [0.5, 0.6) is 5.88 Å². The number of ether oxygens (including phenoxy) is 2. The summed E-state index contributed by atoms with van der Waals surface area (Å²) in [7, 11) is 1.47. The van der Waals surface area contributed by atoms with Crippen LogP contribution >= 0.6 is 0 Å². The van der Waals surface area contributed by atoms with Crippen molar-refractivity contribution in [2.24, 2.45) is 5.41 Å². The van der Waals surface area contributed by atoms with Gasteiger partial charge in [-0.05, 0) is 50.3 Å². The Morgan fingerprint density at radius 2 is 2.00 bits per heavy atom. The topological polar surface area (TPSA) is 91.4 Å². The first-order valence-electron chi connectivity index (χ1n) is 12.0. The van der Waals surface area contributed by atoms with E-state index >= 15 is 4.39 Å². The maximum absolute atomic E-state index is 15.3. The van der Waals surface area contributed by atoms with Gasteiger partial charge >= 0.3 is 0 Å². The van der Waals surface area contributed by atoms with Crippen LogP contribution in [0.15, 0.2) is 24.4 Å². The highest BCUT2D eigenvalue weighted by atomic mass is 19.3. The fraction of sp³-hybridized carbons (Fsp3) is 0.500. The van der Waals surface area contributed by atoms with Crippen molar-refractivity contribution in [3.63, 3.8) is 0 Å². The number of anilines is 1. The SMILES string of the molecule is COc1nc(NC2CCC3(CC2)COC3)nn2cc(F)c(-c3ccc4nnn([C@@H](C)C(F)F)c4c3)c12. The summed E-state index contributed by atoms with van der Waals surface area (Å²) in [5.41, 5.74) is 2.16. The van der Waals surface area contributed by atoms with Gasteiger partial charge in [0.15, 0.2) is 5.82 Å². The second kappa shape index (κ2) is 8.61. The predicted molar refractivity (Wildman–Crippen MR) is 126 cm³/mol. The van der Waals surface area contributed by atoms with E-state index in [1.165, 1.54) is 24.7 Å². The molecule has 9 nitrogen and oxygen atoms in total. The third-order valence-corrected chi connectivity index (χ3v) is 7.45. The van der Waals surface area contributed by atoms with Crippen LogP contribution < -0.4 is 10.1 Å². The summed E-state index contributed by atoms with van der Waals surface area (Å²) in [4.78, 5) is 4.52. The molecule has 3 aromatic heterocycles. The first-order valence-corrected chi connectivity index (χ1v) is 12.0. The molecule has 1 atom stereocenters. The summed E-state index contributed by atoms with van der Waals surface area (Å²) >= 11 is 0. The van der Waals surface area contributed by atoms with Crippen molar-refractivity contribution in [1.82, 2.24) is 29.6 Å². The molecule has 190 valence electrons. The van der Waals surface area contributed by atoms with Crippen molar-refractivity contribution in [1.29, 1.82) is 0 Å². The molecule has 1 saturated carbocycles. The van der Waals surface area contributed by atoms with Gasteiger partial charge in [-0.15, -0.1) is 10.2 Å². The average Bonchev–Trinajstić information content (AvgIpc) is 3.42. The van der Waals surface area contributed by atoms with Crippen LogP contribution in [0.2, 0.25) is 0 Å². The van der Waals surface area contributed by atoms with E-state index < -0.39 is 18.3 Å². The number of hydrogen-bond donors (Lipinski definition) is 1. The lowest BCUT2D eigenvalue weighted by atomic mass is 9.71. The number of alkyl halides is 2. The van der Waals surface area contributed by atoms with Crippen LogP contribution in [0, 0.1) is 11.2 Å². The normalized spacial score (nSPS) is 18.7. The largest absolute Gasteiger partial charge is 0.479 e. The van der Waals surface area contributed by atoms with E-state index in [4.69, 9.17) is 9.47 Å². The van der Waals surface area contributed by atoms with Gasteiger partial charge in [-0.2, -0.15) is 4.98 Å². The maximum atomic E-state index is 15.3. The van der Waals surface area contributed by atoms with Crippen LogP contribution in [0.3, 0.4) is 0 Å². The van der Waals surface area contributed by atoms with Crippen molar-refractivity contribution < 1.29 is 22.6 Å². The molecule has 4 aromatic rings. The van der Waals surface area contributed by atoms with Crippen molar-refractivity contribution >= 4 is 22.5 Å². The van der Waals surface area contributed by atoms with Crippen molar-refractivity contribution in [3.05, 3.63) is 30.2 Å². The molecule has 36 heavy (non-hydrogen) atoms. The molecule has 1 aromatic carbocycles. The van der Waals surface area contributed by atoms with Gasteiger partial charge in [0.1, 0.15) is 17.1 Å². The maximum Gasteiger partial charge on any atom is 0.260 e. The third kappa shape index (κ3) is 3.74. The number of halogens is 3. The molecule has 2 fully saturated rings. The summed E-state index contributed by atoms with van der Waals surface area (Å²) in [6, 6.07) is 3.92. The van der Waals surface area contributed by atoms with E-state index in [2.05, 4.69) is 25.7 Å². The minimum absolute atomic E-state index is 0.207. The number of fused-ring (bicyclic) bond motifs is 2. The zero-order chi connectivity index (χ0) is 25.0. The number of nitrogens with zero attached hydrogens (tertiary/aromatic N) is 6. The molecule has 2 aliphatic rings. The van der Waals surface area contributed by atoms with Crippen LogP contribution in [-0.4, -0.2) is 62.4 Å². The quantitative estimate of drug-likeness (QED) is 0.416. The van der Waals surface area contributed by atoms with E-state index in [1.54, 1.807) is 18.2 Å². The molecule has 1 N–H and O–H groups in total. The summed E-state index contributed by atoms with van der Waals surface area (Å²) in [5, 5.41) is 15.7. The molecule has 1 saturated heterocycles. The Labute approximate surface area is 204 Å². The molecular formula is C24H26F3N7O2. The van der Waals surface area contributed by atoms with Gasteiger partial charge in [0.2, 0.25) is 11.8 Å². The fourth-order valence-electron chi connectivity index (χ4n) is 5.24. The highest BCUT2D eigenvalue weighted by molar-refractivity contribution is 5.89. The minimum Gasteiger partial charge on any atom is -0.479 e. The molecular weight excluding hydrogens is 475 g/mol. The fourth-order valence-corrected chi connectivity index (χ4v) is 5.24. The Balaban J connectivity index is 1.35. The van der Waals surface area contributed by atoms with Gasteiger partial charge in [-0.25, -0.2) is 22.4 Å². The van der Waals surface area contributed by atoms with Crippen LogP contribution in [-0.2, 0) is 4.74 Å². The second-order valence-electron chi connectivity index (χ2n) is 9.81. The summed E-state index contributed by atoms with van der Waals surface area (Å²) in [6.45, 7) is 3.04. The van der Waals surface area contributed by atoms with Gasteiger partial charge in [0.25, 0.3) is 6.43 Å². The Kier molecular flexibility index (Phi) is 5.51. The van der Waals surface area contributed by atoms with Crippen LogP contribution in [0.4, 0.5) is 19.1 Å². The first kappa shape index (κ1) is 23.0. The van der Waals surface area contributed by atoms with E-state index in [9.17, 15) is 8.78 Å². The third-order valence-electron chi connectivity index (χ3n) is 7.45. The van der Waals surface area contributed by atoms with Crippen molar-refractivity contribution in [2.75, 3.05) is 25.6 Å². The lowest BCUT2D eigenvalue weighted by Crippen LogP contribution is -2.47. The summed E-state index contributed by atoms with van der Waals surface area (Å²) in [5.74, 6) is 0.0265. The van der Waals surface area contributed by atoms with Gasteiger partial charge in [0, 0.05) is 11.5 Å². The Morgan fingerprint density at radius 3 is 2.67 bits per heavy atom. The molecule has 0 amide bonds. The van der Waals surface area contributed by atoms with Crippen LogP contribution in [0.25, 0.3) is 27.7 Å². The molecule has 0 unspecified atom stereocenters. The molecule has 1 aliphatic heterocycles. The Morgan fingerprint density at radius 1 is 1.22 bits per heavy atom. The monoisotopic (exact) mass is 501 g/mol. The summed E-state index contributed by atoms with van der Waals surface area (Å²) in [6.07, 6.45) is 2.79. The number of nitrogens with one attached hydrogen (secondary N) is 1. The highest BCUT2D eigenvalue weighted by Crippen LogP contribution is 2.43. The smallest absolute Gasteiger partial charge is 0.260 e. The van der Waals surface area contributed by atoms with E-state index in [-0.39, 0.29) is 17.5 Å². The standard InChI is InChI=1S/C24H26F3N7O2/c1-13(21(26)27)34-18-9-14(3-4-17(18)30-32-34)19-16(25)10-33-20(19)22(35-2)29-23(31-33)28-15-5-7-24(8-6-15)11-36-12-24/h3-4,9-10,13,15,21H,5-8,11-12H2,1-2H3,(H,28,31)/t13-/m0/s1. The van der Waals surface area contributed by atoms with Gasteiger partial charge in [0.05, 0.1) is 37.6 Å². The number of rotatable bonds is 6. The minimum atomic E-state index is -2.62. The number of benzene rings is 1. The molecule has 1 spiro atoms. The van der Waals surface area contributed by atoms with E-state index in [0.717, 1.165) is 43.6 Å². The molecule has 6 rings (SSSR count). The Bertz CT molecular complexity index is 1420. The summed E-state index contributed by atoms with van der Waals surface area (Å²) < 4.78 is 55.5. The molecule has 12 heteroatoms. The number of methoxy groups -OCH3 is 1. The highest BCUT2D eigenvalue weighted by Gasteiger charge is 2.41. The first-order chi connectivity index (χ1) is 17.4.